The Morgan fingerprint density at radius 3 is 3.06 bits per heavy atom. The van der Waals surface area contributed by atoms with Gasteiger partial charge in [-0.3, -0.25) is 0 Å². The van der Waals surface area contributed by atoms with Gasteiger partial charge >= 0.3 is 0 Å². The second-order valence-electron chi connectivity index (χ2n) is 4.39. The van der Waals surface area contributed by atoms with Gasteiger partial charge in [0.05, 0.1) is 7.11 Å². The lowest BCUT2D eigenvalue weighted by molar-refractivity contribution is 0.395. The molecule has 1 atom stereocenters. The minimum Gasteiger partial charge on any atom is -0.481 e. The summed E-state index contributed by atoms with van der Waals surface area (Å²) in [6.45, 7) is 3.96. The first-order valence-electron chi connectivity index (χ1n) is 5.93. The lowest BCUT2D eigenvalue weighted by atomic mass is 10.1. The second-order valence-corrected chi connectivity index (χ2v) is 4.77. The largest absolute Gasteiger partial charge is 0.481 e. The molecule has 0 saturated carbocycles. The van der Waals surface area contributed by atoms with E-state index in [1.54, 1.807) is 7.11 Å². The van der Waals surface area contributed by atoms with Gasteiger partial charge in [-0.05, 0) is 25.7 Å². The normalized spacial score (nSPS) is 19.7. The molecule has 17 heavy (non-hydrogen) atoms. The van der Waals surface area contributed by atoms with Crippen molar-refractivity contribution in [1.29, 1.82) is 0 Å². The summed E-state index contributed by atoms with van der Waals surface area (Å²) in [7, 11) is 1.63. The zero-order chi connectivity index (χ0) is 12.3. The van der Waals surface area contributed by atoms with E-state index in [0.717, 1.165) is 37.0 Å². The lowest BCUT2D eigenvalue weighted by Crippen LogP contribution is -2.21. The molecule has 2 rings (SSSR count). The van der Waals surface area contributed by atoms with Crippen molar-refractivity contribution in [3.8, 4) is 5.88 Å². The van der Waals surface area contributed by atoms with Gasteiger partial charge < -0.3 is 9.64 Å². The Kier molecular flexibility index (Phi) is 4.05. The molecule has 1 saturated heterocycles. The fourth-order valence-corrected chi connectivity index (χ4v) is 2.53. The Balaban J connectivity index is 2.10. The highest BCUT2D eigenvalue weighted by Gasteiger charge is 2.23. The van der Waals surface area contributed by atoms with Crippen molar-refractivity contribution in [1.82, 2.24) is 9.97 Å². The summed E-state index contributed by atoms with van der Waals surface area (Å²) < 4.78 is 5.17. The highest BCUT2D eigenvalue weighted by atomic mass is 35.5. The third-order valence-electron chi connectivity index (χ3n) is 3.14. The summed E-state index contributed by atoms with van der Waals surface area (Å²) in [5.41, 5.74) is 0. The molecule has 5 heteroatoms. The molecule has 0 radical (unpaired) electrons. The summed E-state index contributed by atoms with van der Waals surface area (Å²) in [5, 5.41) is 0. The number of anilines is 1. The van der Waals surface area contributed by atoms with E-state index in [-0.39, 0.29) is 0 Å². The summed E-state index contributed by atoms with van der Waals surface area (Å²) in [5.74, 6) is 3.78. The van der Waals surface area contributed by atoms with E-state index in [0.29, 0.717) is 11.8 Å². The van der Waals surface area contributed by atoms with Crippen LogP contribution in [0.5, 0.6) is 5.88 Å². The Morgan fingerprint density at radius 1 is 1.53 bits per heavy atom. The molecule has 1 unspecified atom stereocenters. The van der Waals surface area contributed by atoms with E-state index in [4.69, 9.17) is 16.3 Å². The number of aryl methyl sites for hydroxylation is 1. The second kappa shape index (κ2) is 5.54. The third kappa shape index (κ3) is 3.00. The molecule has 1 aliphatic heterocycles. The average molecular weight is 256 g/mol. The van der Waals surface area contributed by atoms with Crippen LogP contribution in [0.3, 0.4) is 0 Å². The molecule has 94 valence electrons. The van der Waals surface area contributed by atoms with Gasteiger partial charge in [0.15, 0.2) is 0 Å². The SMILES string of the molecule is COc1cc(N2CCC(CCCl)C2)nc(C)n1. The Hall–Kier alpha value is -1.03. The first-order valence-corrected chi connectivity index (χ1v) is 6.47. The fourth-order valence-electron chi connectivity index (χ4n) is 2.22. The summed E-state index contributed by atoms with van der Waals surface area (Å²) in [6.07, 6.45) is 2.28. The van der Waals surface area contributed by atoms with E-state index in [2.05, 4.69) is 14.9 Å². The molecule has 0 aliphatic carbocycles. The highest BCUT2D eigenvalue weighted by molar-refractivity contribution is 6.17. The average Bonchev–Trinajstić information content (AvgIpc) is 2.77. The van der Waals surface area contributed by atoms with Gasteiger partial charge in [-0.15, -0.1) is 11.6 Å². The Morgan fingerprint density at radius 2 is 2.35 bits per heavy atom. The molecule has 1 aromatic rings. The molecule has 1 fully saturated rings. The van der Waals surface area contributed by atoms with Crippen LogP contribution in [0.15, 0.2) is 6.07 Å². The van der Waals surface area contributed by atoms with Gasteiger partial charge in [0.1, 0.15) is 11.6 Å². The molecule has 4 nitrogen and oxygen atoms in total. The van der Waals surface area contributed by atoms with Crippen LogP contribution in [-0.4, -0.2) is 36.0 Å². The van der Waals surface area contributed by atoms with Crippen LogP contribution in [0.25, 0.3) is 0 Å². The molecular weight excluding hydrogens is 238 g/mol. The maximum atomic E-state index is 5.78. The molecule has 0 spiro atoms. The minimum absolute atomic E-state index is 0.633. The van der Waals surface area contributed by atoms with Gasteiger partial charge in [0.25, 0.3) is 0 Å². The molecule has 1 aromatic heterocycles. The van der Waals surface area contributed by atoms with Crippen molar-refractivity contribution < 1.29 is 4.74 Å². The van der Waals surface area contributed by atoms with Crippen LogP contribution in [-0.2, 0) is 0 Å². The summed E-state index contributed by atoms with van der Waals surface area (Å²) >= 11 is 5.78. The first kappa shape index (κ1) is 12.4. The monoisotopic (exact) mass is 255 g/mol. The fraction of sp³-hybridized carbons (Fsp3) is 0.667. The highest BCUT2D eigenvalue weighted by Crippen LogP contribution is 2.26. The lowest BCUT2D eigenvalue weighted by Gasteiger charge is -2.18. The number of alkyl halides is 1. The molecule has 0 aromatic carbocycles. The molecule has 1 aliphatic rings. The van der Waals surface area contributed by atoms with Crippen molar-refractivity contribution >= 4 is 17.4 Å². The molecule has 0 bridgehead atoms. The summed E-state index contributed by atoms with van der Waals surface area (Å²) in [6, 6.07) is 1.90. The standard InChI is InChI=1S/C12H18ClN3O/c1-9-14-11(7-12(15-9)17-2)16-6-4-10(8-16)3-5-13/h7,10H,3-6,8H2,1-2H3. The molecule has 2 heterocycles. The first-order chi connectivity index (χ1) is 8.22. The van der Waals surface area contributed by atoms with Gasteiger partial charge in [-0.2, -0.15) is 4.98 Å². The van der Waals surface area contributed by atoms with Crippen LogP contribution < -0.4 is 9.64 Å². The Bertz CT molecular complexity index is 386. The van der Waals surface area contributed by atoms with Crippen LogP contribution in [0, 0.1) is 12.8 Å². The maximum Gasteiger partial charge on any atom is 0.218 e. The zero-order valence-electron chi connectivity index (χ0n) is 10.3. The topological polar surface area (TPSA) is 38.2 Å². The minimum atomic E-state index is 0.633. The number of hydrogen-bond donors (Lipinski definition) is 0. The molecule has 0 N–H and O–H groups in total. The van der Waals surface area contributed by atoms with Crippen molar-refractivity contribution in [3.63, 3.8) is 0 Å². The number of rotatable bonds is 4. The third-order valence-corrected chi connectivity index (χ3v) is 3.36. The van der Waals surface area contributed by atoms with E-state index in [1.165, 1.54) is 6.42 Å². The van der Waals surface area contributed by atoms with E-state index in [9.17, 15) is 0 Å². The summed E-state index contributed by atoms with van der Waals surface area (Å²) in [4.78, 5) is 10.9. The Labute approximate surface area is 107 Å². The van der Waals surface area contributed by atoms with Crippen molar-refractivity contribution in [2.45, 2.75) is 19.8 Å². The number of halogens is 1. The quantitative estimate of drug-likeness (QED) is 0.774. The molecular formula is C12H18ClN3O. The number of aromatic nitrogens is 2. The molecule has 0 amide bonds. The number of methoxy groups -OCH3 is 1. The van der Waals surface area contributed by atoms with Crippen LogP contribution in [0.1, 0.15) is 18.7 Å². The van der Waals surface area contributed by atoms with Crippen LogP contribution in [0.2, 0.25) is 0 Å². The zero-order valence-corrected chi connectivity index (χ0v) is 11.1. The van der Waals surface area contributed by atoms with E-state index >= 15 is 0 Å². The van der Waals surface area contributed by atoms with Gasteiger partial charge in [0.2, 0.25) is 5.88 Å². The van der Waals surface area contributed by atoms with Crippen LogP contribution >= 0.6 is 11.6 Å². The van der Waals surface area contributed by atoms with Crippen LogP contribution in [0.4, 0.5) is 5.82 Å². The van der Waals surface area contributed by atoms with E-state index in [1.807, 2.05) is 13.0 Å². The van der Waals surface area contributed by atoms with Gasteiger partial charge in [0, 0.05) is 25.0 Å². The van der Waals surface area contributed by atoms with E-state index < -0.39 is 0 Å². The predicted octanol–water partition coefficient (Wildman–Crippen LogP) is 2.25. The predicted molar refractivity (Wildman–Crippen MR) is 69.0 cm³/mol. The smallest absolute Gasteiger partial charge is 0.218 e. The maximum absolute atomic E-state index is 5.78. The van der Waals surface area contributed by atoms with Crippen molar-refractivity contribution in [2.24, 2.45) is 5.92 Å². The van der Waals surface area contributed by atoms with Gasteiger partial charge in [-0.1, -0.05) is 0 Å². The number of nitrogens with zero attached hydrogens (tertiary/aromatic N) is 3. The van der Waals surface area contributed by atoms with Crippen molar-refractivity contribution in [2.75, 3.05) is 31.0 Å². The number of ether oxygens (including phenoxy) is 1. The van der Waals surface area contributed by atoms with Gasteiger partial charge in [-0.25, -0.2) is 4.98 Å². The van der Waals surface area contributed by atoms with Crippen molar-refractivity contribution in [3.05, 3.63) is 11.9 Å². The number of hydrogen-bond acceptors (Lipinski definition) is 4.